The van der Waals surface area contributed by atoms with Crippen LogP contribution >= 0.6 is 0 Å². The Labute approximate surface area is 101 Å². The lowest BCUT2D eigenvalue weighted by Gasteiger charge is -2.40. The maximum atomic E-state index is 6.06. The number of hydrogen-bond acceptors (Lipinski definition) is 2. The van der Waals surface area contributed by atoms with E-state index in [4.69, 9.17) is 5.73 Å². The Morgan fingerprint density at radius 1 is 1.19 bits per heavy atom. The van der Waals surface area contributed by atoms with Gasteiger partial charge in [-0.05, 0) is 57.5 Å². The minimum absolute atomic E-state index is 0.283. The summed E-state index contributed by atoms with van der Waals surface area (Å²) in [4.78, 5) is 2.69. The molecule has 94 valence electrons. The molecule has 16 heavy (non-hydrogen) atoms. The van der Waals surface area contributed by atoms with E-state index in [2.05, 4.69) is 18.7 Å². The highest BCUT2D eigenvalue weighted by Gasteiger charge is 2.37. The van der Waals surface area contributed by atoms with Crippen molar-refractivity contribution in [3.8, 4) is 0 Å². The molecule has 1 aliphatic heterocycles. The monoisotopic (exact) mass is 224 g/mol. The van der Waals surface area contributed by atoms with E-state index in [1.54, 1.807) is 0 Å². The Kier molecular flexibility index (Phi) is 3.91. The summed E-state index contributed by atoms with van der Waals surface area (Å²) in [7, 11) is 0. The van der Waals surface area contributed by atoms with Crippen molar-refractivity contribution < 1.29 is 0 Å². The first-order valence-corrected chi connectivity index (χ1v) is 7.09. The Hall–Kier alpha value is -0.0800. The van der Waals surface area contributed by atoms with Crippen LogP contribution in [0.5, 0.6) is 0 Å². The summed E-state index contributed by atoms with van der Waals surface area (Å²) in [6.07, 6.45) is 8.35. The van der Waals surface area contributed by atoms with Gasteiger partial charge < -0.3 is 5.73 Å². The first-order chi connectivity index (χ1) is 7.64. The topological polar surface area (TPSA) is 29.3 Å². The van der Waals surface area contributed by atoms with Crippen LogP contribution in [0.15, 0.2) is 0 Å². The zero-order valence-electron chi connectivity index (χ0n) is 11.0. The van der Waals surface area contributed by atoms with E-state index in [0.29, 0.717) is 0 Å². The Balaban J connectivity index is 1.95. The molecule has 0 bridgehead atoms. The Morgan fingerprint density at radius 3 is 2.56 bits per heavy atom. The summed E-state index contributed by atoms with van der Waals surface area (Å²) in [6, 6.07) is 0. The Morgan fingerprint density at radius 2 is 1.94 bits per heavy atom. The average Bonchev–Trinajstić information content (AvgIpc) is 3.06. The fourth-order valence-corrected chi connectivity index (χ4v) is 3.09. The van der Waals surface area contributed by atoms with Crippen LogP contribution in [0, 0.1) is 11.8 Å². The SMILES string of the molecule is CC1CCCN(C(C)(CN)CC2CC2)CC1. The molecule has 2 N–H and O–H groups in total. The van der Waals surface area contributed by atoms with E-state index in [1.165, 1.54) is 51.6 Å². The van der Waals surface area contributed by atoms with Gasteiger partial charge in [0.2, 0.25) is 0 Å². The van der Waals surface area contributed by atoms with Crippen molar-refractivity contribution in [2.45, 2.75) is 57.9 Å². The van der Waals surface area contributed by atoms with Crippen molar-refractivity contribution in [2.24, 2.45) is 17.6 Å². The summed E-state index contributed by atoms with van der Waals surface area (Å²) < 4.78 is 0. The van der Waals surface area contributed by atoms with Crippen LogP contribution in [0.4, 0.5) is 0 Å². The van der Waals surface area contributed by atoms with E-state index in [0.717, 1.165) is 18.4 Å². The van der Waals surface area contributed by atoms with Crippen molar-refractivity contribution in [1.82, 2.24) is 4.90 Å². The zero-order chi connectivity index (χ0) is 11.6. The molecule has 1 saturated heterocycles. The highest BCUT2D eigenvalue weighted by Crippen LogP contribution is 2.39. The van der Waals surface area contributed by atoms with E-state index in [-0.39, 0.29) is 5.54 Å². The van der Waals surface area contributed by atoms with Crippen LogP contribution in [0.2, 0.25) is 0 Å². The molecule has 2 atom stereocenters. The van der Waals surface area contributed by atoms with Gasteiger partial charge in [-0.25, -0.2) is 0 Å². The summed E-state index contributed by atoms with van der Waals surface area (Å²) in [5.74, 6) is 1.89. The number of nitrogens with zero attached hydrogens (tertiary/aromatic N) is 1. The van der Waals surface area contributed by atoms with Crippen LogP contribution in [0.1, 0.15) is 52.4 Å². The first kappa shape index (κ1) is 12.4. The largest absolute Gasteiger partial charge is 0.329 e. The maximum absolute atomic E-state index is 6.06. The highest BCUT2D eigenvalue weighted by atomic mass is 15.2. The molecular formula is C14H28N2. The van der Waals surface area contributed by atoms with E-state index >= 15 is 0 Å². The number of hydrogen-bond donors (Lipinski definition) is 1. The van der Waals surface area contributed by atoms with Crippen molar-refractivity contribution in [1.29, 1.82) is 0 Å². The van der Waals surface area contributed by atoms with Crippen LogP contribution in [0.3, 0.4) is 0 Å². The Bertz CT molecular complexity index is 225. The van der Waals surface area contributed by atoms with E-state index in [9.17, 15) is 0 Å². The third kappa shape index (κ3) is 2.98. The predicted molar refractivity (Wildman–Crippen MR) is 69.4 cm³/mol. The van der Waals surface area contributed by atoms with Gasteiger partial charge in [0.05, 0.1) is 0 Å². The molecule has 0 aromatic rings. The van der Waals surface area contributed by atoms with Gasteiger partial charge in [-0.1, -0.05) is 19.8 Å². The van der Waals surface area contributed by atoms with Crippen molar-refractivity contribution in [3.05, 3.63) is 0 Å². The second-order valence-corrected chi connectivity index (χ2v) is 6.37. The molecule has 0 amide bonds. The van der Waals surface area contributed by atoms with Gasteiger partial charge in [-0.15, -0.1) is 0 Å². The second-order valence-electron chi connectivity index (χ2n) is 6.37. The molecule has 2 aliphatic rings. The number of rotatable bonds is 4. The predicted octanol–water partition coefficient (Wildman–Crippen LogP) is 2.63. The van der Waals surface area contributed by atoms with Gasteiger partial charge in [-0.3, -0.25) is 4.90 Å². The van der Waals surface area contributed by atoms with Gasteiger partial charge in [-0.2, -0.15) is 0 Å². The minimum Gasteiger partial charge on any atom is -0.329 e. The molecule has 2 nitrogen and oxygen atoms in total. The zero-order valence-corrected chi connectivity index (χ0v) is 11.0. The normalized spacial score (nSPS) is 32.1. The lowest BCUT2D eigenvalue weighted by atomic mass is 9.92. The summed E-state index contributed by atoms with van der Waals surface area (Å²) in [5, 5.41) is 0. The van der Waals surface area contributed by atoms with Gasteiger partial charge in [0, 0.05) is 12.1 Å². The third-order valence-corrected chi connectivity index (χ3v) is 4.65. The van der Waals surface area contributed by atoms with Gasteiger partial charge in [0.15, 0.2) is 0 Å². The molecule has 2 heteroatoms. The molecule has 1 saturated carbocycles. The van der Waals surface area contributed by atoms with Crippen LogP contribution in [-0.4, -0.2) is 30.1 Å². The summed E-state index contributed by atoms with van der Waals surface area (Å²) >= 11 is 0. The average molecular weight is 224 g/mol. The fraction of sp³-hybridized carbons (Fsp3) is 1.00. The van der Waals surface area contributed by atoms with Crippen molar-refractivity contribution >= 4 is 0 Å². The smallest absolute Gasteiger partial charge is 0.0306 e. The van der Waals surface area contributed by atoms with Crippen molar-refractivity contribution in [3.63, 3.8) is 0 Å². The second kappa shape index (κ2) is 5.05. The highest BCUT2D eigenvalue weighted by molar-refractivity contribution is 4.93. The van der Waals surface area contributed by atoms with Crippen LogP contribution < -0.4 is 5.73 Å². The number of nitrogens with two attached hydrogens (primary N) is 1. The number of likely N-dealkylation sites (tertiary alicyclic amines) is 1. The van der Waals surface area contributed by atoms with Crippen LogP contribution in [-0.2, 0) is 0 Å². The molecule has 1 heterocycles. The molecule has 2 rings (SSSR count). The lowest BCUT2D eigenvalue weighted by Crippen LogP contribution is -2.52. The van der Waals surface area contributed by atoms with Crippen molar-refractivity contribution in [2.75, 3.05) is 19.6 Å². The molecule has 1 aliphatic carbocycles. The minimum atomic E-state index is 0.283. The standard InChI is InChI=1S/C14H28N2/c1-12-4-3-8-16(9-7-12)14(2,11-15)10-13-5-6-13/h12-13H,3-11,15H2,1-2H3. The summed E-state index contributed by atoms with van der Waals surface area (Å²) in [6.45, 7) is 8.15. The van der Waals surface area contributed by atoms with Gasteiger partial charge in [0.1, 0.15) is 0 Å². The molecular weight excluding hydrogens is 196 g/mol. The molecule has 0 aromatic carbocycles. The molecule has 2 unspecified atom stereocenters. The first-order valence-electron chi connectivity index (χ1n) is 7.09. The molecule has 0 radical (unpaired) electrons. The maximum Gasteiger partial charge on any atom is 0.0306 e. The lowest BCUT2D eigenvalue weighted by molar-refractivity contribution is 0.0988. The third-order valence-electron chi connectivity index (χ3n) is 4.65. The van der Waals surface area contributed by atoms with E-state index < -0.39 is 0 Å². The van der Waals surface area contributed by atoms with E-state index in [1.807, 2.05) is 0 Å². The molecule has 0 spiro atoms. The summed E-state index contributed by atoms with van der Waals surface area (Å²) in [5.41, 5.74) is 6.34. The van der Waals surface area contributed by atoms with Crippen LogP contribution in [0.25, 0.3) is 0 Å². The van der Waals surface area contributed by atoms with Gasteiger partial charge >= 0.3 is 0 Å². The quantitative estimate of drug-likeness (QED) is 0.795. The fourth-order valence-electron chi connectivity index (χ4n) is 3.09. The molecule has 2 fully saturated rings. The van der Waals surface area contributed by atoms with Gasteiger partial charge in [0.25, 0.3) is 0 Å². The molecule has 0 aromatic heterocycles.